The Balaban J connectivity index is 0.873. The fraction of sp³-hybridized carbons (Fsp3) is 0. The molecule has 0 saturated carbocycles. The third-order valence-electron chi connectivity index (χ3n) is 13.2. The maximum absolute atomic E-state index is 2.43. The number of aromatic nitrogens is 1. The molecule has 0 atom stereocenters. The molecule has 11 aromatic carbocycles. The minimum Gasteiger partial charge on any atom is -0.311 e. The van der Waals surface area contributed by atoms with Crippen molar-refractivity contribution in [1.29, 1.82) is 0 Å². The molecule has 0 aliphatic rings. The first-order valence-electron chi connectivity index (χ1n) is 23.3. The molecule has 0 fully saturated rings. The van der Waals surface area contributed by atoms with Gasteiger partial charge in [0.15, 0.2) is 0 Å². The van der Waals surface area contributed by atoms with Gasteiger partial charge in [-0.15, -0.1) is 0 Å². The van der Waals surface area contributed by atoms with Crippen LogP contribution in [0.4, 0.5) is 17.1 Å². The van der Waals surface area contributed by atoms with Crippen LogP contribution in [0.5, 0.6) is 0 Å². The highest BCUT2D eigenvalue weighted by Gasteiger charge is 2.17. The summed E-state index contributed by atoms with van der Waals surface area (Å²) in [5, 5.41) is 2.49. The summed E-state index contributed by atoms with van der Waals surface area (Å²) in [4.78, 5) is 2.34. The van der Waals surface area contributed by atoms with E-state index < -0.39 is 0 Å². The molecule has 2 heteroatoms. The van der Waals surface area contributed by atoms with E-state index in [1.54, 1.807) is 0 Å². The number of nitrogens with zero attached hydrogens (tertiary/aromatic N) is 2. The Morgan fingerprint density at radius 3 is 0.838 bits per heavy atom. The summed E-state index contributed by atoms with van der Waals surface area (Å²) in [6, 6.07) is 101. The first-order valence-corrected chi connectivity index (χ1v) is 23.3. The van der Waals surface area contributed by atoms with Crippen LogP contribution in [0.25, 0.3) is 94.3 Å². The van der Waals surface area contributed by atoms with E-state index in [1.807, 2.05) is 0 Å². The van der Waals surface area contributed by atoms with Crippen molar-refractivity contribution in [3.8, 4) is 72.4 Å². The molecule has 0 spiro atoms. The Labute approximate surface area is 397 Å². The molecule has 0 aliphatic heterocycles. The first-order chi connectivity index (χ1) is 33.7. The SMILES string of the molecule is c1ccc(-c2ccc(N(c3ccc(-c4ccccc4)cc3)c3ccc(-c4cccc(-c5ccc(-n6c7cc(-c8ccccc8)ccc7c7ccc(-c8ccccc8)cc76)cc5)c4)cc3)cc2)cc1. The molecule has 1 heterocycles. The molecule has 2 nitrogen and oxygen atoms in total. The van der Waals surface area contributed by atoms with Gasteiger partial charge in [-0.3, -0.25) is 0 Å². The average Bonchev–Trinajstić information content (AvgIpc) is 3.75. The van der Waals surface area contributed by atoms with Crippen LogP contribution in [0.15, 0.2) is 279 Å². The molecule has 0 N–H and O–H groups in total. The summed E-state index contributed by atoms with van der Waals surface area (Å²) < 4.78 is 2.43. The van der Waals surface area contributed by atoms with E-state index in [0.717, 1.165) is 22.7 Å². The van der Waals surface area contributed by atoms with Gasteiger partial charge in [-0.2, -0.15) is 0 Å². The van der Waals surface area contributed by atoms with Gasteiger partial charge in [-0.1, -0.05) is 212 Å². The van der Waals surface area contributed by atoms with Crippen molar-refractivity contribution in [3.05, 3.63) is 279 Å². The second-order valence-electron chi connectivity index (χ2n) is 17.4. The Morgan fingerprint density at radius 1 is 0.206 bits per heavy atom. The molecular weight excluding hydrogens is 821 g/mol. The standard InChI is InChI=1S/C66H46N2/c1-5-14-47(15-6-1)51-24-34-59(35-25-51)67(60-36-26-52(27-37-60)48-16-7-2-8-17-48)61-38-28-53(29-39-61)55-22-13-23-56(44-55)54-30-40-62(41-31-54)68-65-45-57(49-18-9-3-10-19-49)32-42-63(65)64-43-33-58(46-66(64)68)50-20-11-4-12-21-50/h1-46H. The van der Waals surface area contributed by atoms with Crippen LogP contribution in [-0.4, -0.2) is 4.57 Å². The Bertz CT molecular complexity index is 3470. The summed E-state index contributed by atoms with van der Waals surface area (Å²) >= 11 is 0. The van der Waals surface area contributed by atoms with E-state index in [0.29, 0.717) is 0 Å². The maximum Gasteiger partial charge on any atom is 0.0547 e. The van der Waals surface area contributed by atoms with Crippen LogP contribution in [0, 0.1) is 0 Å². The lowest BCUT2D eigenvalue weighted by Gasteiger charge is -2.26. The zero-order chi connectivity index (χ0) is 45.2. The predicted octanol–water partition coefficient (Wildman–Crippen LogP) is 18.3. The van der Waals surface area contributed by atoms with Gasteiger partial charge in [0.2, 0.25) is 0 Å². The van der Waals surface area contributed by atoms with Crippen molar-refractivity contribution in [3.63, 3.8) is 0 Å². The highest BCUT2D eigenvalue weighted by molar-refractivity contribution is 6.11. The summed E-state index contributed by atoms with van der Waals surface area (Å²) in [7, 11) is 0. The molecule has 0 saturated heterocycles. The van der Waals surface area contributed by atoms with Gasteiger partial charge in [0.05, 0.1) is 11.0 Å². The molecule has 0 unspecified atom stereocenters. The molecule has 0 bridgehead atoms. The lowest BCUT2D eigenvalue weighted by Crippen LogP contribution is -2.09. The molecule has 12 rings (SSSR count). The van der Waals surface area contributed by atoms with Gasteiger partial charge in [0.1, 0.15) is 0 Å². The smallest absolute Gasteiger partial charge is 0.0547 e. The van der Waals surface area contributed by atoms with E-state index in [2.05, 4.69) is 289 Å². The fourth-order valence-electron chi connectivity index (χ4n) is 9.72. The maximum atomic E-state index is 2.43. The second-order valence-corrected chi connectivity index (χ2v) is 17.4. The zero-order valence-corrected chi connectivity index (χ0v) is 37.5. The monoisotopic (exact) mass is 866 g/mol. The average molecular weight is 867 g/mol. The van der Waals surface area contributed by atoms with Crippen LogP contribution in [0.3, 0.4) is 0 Å². The van der Waals surface area contributed by atoms with E-state index in [1.165, 1.54) is 88.6 Å². The molecule has 0 amide bonds. The number of anilines is 3. The van der Waals surface area contributed by atoms with Crippen LogP contribution < -0.4 is 4.90 Å². The number of rotatable bonds is 10. The number of fused-ring (bicyclic) bond motifs is 3. The van der Waals surface area contributed by atoms with Crippen molar-refractivity contribution in [1.82, 2.24) is 4.57 Å². The van der Waals surface area contributed by atoms with E-state index >= 15 is 0 Å². The third kappa shape index (κ3) is 7.85. The van der Waals surface area contributed by atoms with Gasteiger partial charge >= 0.3 is 0 Å². The van der Waals surface area contributed by atoms with Gasteiger partial charge in [0.25, 0.3) is 0 Å². The van der Waals surface area contributed by atoms with Gasteiger partial charge in [0, 0.05) is 33.5 Å². The lowest BCUT2D eigenvalue weighted by molar-refractivity contribution is 1.18. The molecule has 68 heavy (non-hydrogen) atoms. The van der Waals surface area contributed by atoms with E-state index in [-0.39, 0.29) is 0 Å². The highest BCUT2D eigenvalue weighted by Crippen LogP contribution is 2.40. The van der Waals surface area contributed by atoms with Crippen LogP contribution in [0.2, 0.25) is 0 Å². The van der Waals surface area contributed by atoms with Crippen LogP contribution in [0.1, 0.15) is 0 Å². The minimum absolute atomic E-state index is 1.09. The van der Waals surface area contributed by atoms with Gasteiger partial charge < -0.3 is 9.47 Å². The summed E-state index contributed by atoms with van der Waals surface area (Å²) in [6.45, 7) is 0. The van der Waals surface area contributed by atoms with Gasteiger partial charge in [-0.25, -0.2) is 0 Å². The zero-order valence-electron chi connectivity index (χ0n) is 37.5. The summed E-state index contributed by atoms with van der Waals surface area (Å²) in [6.07, 6.45) is 0. The Kier molecular flexibility index (Phi) is 10.6. The quantitative estimate of drug-likeness (QED) is 0.133. The number of hydrogen-bond acceptors (Lipinski definition) is 1. The third-order valence-corrected chi connectivity index (χ3v) is 13.2. The summed E-state index contributed by atoms with van der Waals surface area (Å²) in [5.74, 6) is 0. The Hall–Kier alpha value is -8.98. The fourth-order valence-corrected chi connectivity index (χ4v) is 9.72. The van der Waals surface area contributed by atoms with E-state index in [4.69, 9.17) is 0 Å². The molecule has 320 valence electrons. The predicted molar refractivity (Wildman–Crippen MR) is 288 cm³/mol. The highest BCUT2D eigenvalue weighted by atomic mass is 15.1. The van der Waals surface area contributed by atoms with Crippen molar-refractivity contribution in [2.75, 3.05) is 4.90 Å². The number of hydrogen-bond donors (Lipinski definition) is 0. The minimum atomic E-state index is 1.09. The van der Waals surface area contributed by atoms with Crippen LogP contribution >= 0.6 is 0 Å². The van der Waals surface area contributed by atoms with E-state index in [9.17, 15) is 0 Å². The normalized spacial score (nSPS) is 11.2. The molecule has 1 aromatic heterocycles. The van der Waals surface area contributed by atoms with Crippen molar-refractivity contribution < 1.29 is 0 Å². The van der Waals surface area contributed by atoms with Gasteiger partial charge in [-0.05, 0) is 133 Å². The number of benzene rings is 11. The topological polar surface area (TPSA) is 8.17 Å². The molecule has 12 aromatic rings. The van der Waals surface area contributed by atoms with Crippen molar-refractivity contribution in [2.24, 2.45) is 0 Å². The Morgan fingerprint density at radius 2 is 0.471 bits per heavy atom. The molecule has 0 radical (unpaired) electrons. The molecular formula is C66H46N2. The second kappa shape index (κ2) is 17.8. The largest absolute Gasteiger partial charge is 0.311 e. The first kappa shape index (κ1) is 40.5. The van der Waals surface area contributed by atoms with Crippen molar-refractivity contribution >= 4 is 38.9 Å². The summed E-state index contributed by atoms with van der Waals surface area (Å²) in [5.41, 5.74) is 21.1. The lowest BCUT2D eigenvalue weighted by atomic mass is 9.98. The van der Waals surface area contributed by atoms with Crippen molar-refractivity contribution in [2.45, 2.75) is 0 Å². The molecule has 0 aliphatic carbocycles. The van der Waals surface area contributed by atoms with Crippen LogP contribution in [-0.2, 0) is 0 Å².